The molecule has 0 unspecified atom stereocenters. The highest BCUT2D eigenvalue weighted by Crippen LogP contribution is 2.17. The second-order valence-electron chi connectivity index (χ2n) is 2.80. The molecule has 0 saturated carbocycles. The smallest absolute Gasteiger partial charge is 0.471 e. The maximum Gasteiger partial charge on any atom is 0.471 e. The summed E-state index contributed by atoms with van der Waals surface area (Å²) in [5.41, 5.74) is 0.319. The van der Waals surface area contributed by atoms with Crippen LogP contribution < -0.4 is 5.32 Å². The summed E-state index contributed by atoms with van der Waals surface area (Å²) in [7, 11) is 0. The van der Waals surface area contributed by atoms with Crippen molar-refractivity contribution in [2.45, 2.75) is 12.7 Å². The number of carbonyl (C=O) groups is 2. The van der Waals surface area contributed by atoms with Gasteiger partial charge in [-0.3, -0.25) is 4.79 Å². The van der Waals surface area contributed by atoms with E-state index in [-0.39, 0.29) is 11.4 Å². The molecule has 0 aliphatic carbocycles. The molecule has 0 atom stereocenters. The minimum atomic E-state index is -4.92. The fourth-order valence-electron chi connectivity index (χ4n) is 0.863. The van der Waals surface area contributed by atoms with Crippen molar-refractivity contribution in [3.63, 3.8) is 0 Å². The molecule has 8 heteroatoms. The van der Waals surface area contributed by atoms with Crippen LogP contribution in [-0.2, 0) is 11.3 Å². The van der Waals surface area contributed by atoms with Gasteiger partial charge in [-0.2, -0.15) is 13.2 Å². The Bertz CT molecular complexity index is 413. The van der Waals surface area contributed by atoms with E-state index in [1.807, 2.05) is 0 Å². The lowest BCUT2D eigenvalue weighted by Crippen LogP contribution is -2.36. The minimum absolute atomic E-state index is 0.0104. The average Bonchev–Trinajstić information content (AvgIpc) is 2.60. The van der Waals surface area contributed by atoms with Crippen LogP contribution in [0, 0.1) is 0 Å². The first-order chi connectivity index (χ1) is 7.30. The second kappa shape index (κ2) is 4.52. The molecule has 0 fully saturated rings. The Kier molecular flexibility index (Phi) is 3.53. The fraction of sp³-hybridized carbons (Fsp3) is 0.250. The van der Waals surface area contributed by atoms with Crippen molar-refractivity contribution in [1.82, 2.24) is 5.32 Å². The Labute approximate surface area is 91.7 Å². The zero-order valence-electron chi connectivity index (χ0n) is 7.67. The quantitative estimate of drug-likeness (QED) is 0.860. The lowest BCUT2D eigenvalue weighted by Gasteiger charge is -2.06. The number of rotatable bonds is 3. The van der Waals surface area contributed by atoms with Crippen LogP contribution in [-0.4, -0.2) is 23.2 Å². The number of alkyl halides is 3. The van der Waals surface area contributed by atoms with Gasteiger partial charge < -0.3 is 10.4 Å². The molecule has 88 valence electrons. The van der Waals surface area contributed by atoms with Crippen LogP contribution in [0.25, 0.3) is 0 Å². The van der Waals surface area contributed by atoms with E-state index in [1.54, 1.807) is 5.32 Å². The molecule has 1 rings (SSSR count). The van der Waals surface area contributed by atoms with Crippen LogP contribution in [0.5, 0.6) is 0 Å². The number of hydrogen-bond acceptors (Lipinski definition) is 3. The number of carboxylic acids is 1. The van der Waals surface area contributed by atoms with Gasteiger partial charge in [0.05, 0.1) is 0 Å². The second-order valence-corrected chi connectivity index (χ2v) is 3.72. The third kappa shape index (κ3) is 3.23. The predicted molar refractivity (Wildman–Crippen MR) is 49.2 cm³/mol. The number of thiophene rings is 1. The summed E-state index contributed by atoms with van der Waals surface area (Å²) in [6.45, 7) is -0.345. The number of carbonyl (C=O) groups excluding carboxylic acids is 1. The Morgan fingerprint density at radius 1 is 1.44 bits per heavy atom. The minimum Gasteiger partial charge on any atom is -0.477 e. The number of amides is 1. The van der Waals surface area contributed by atoms with Gasteiger partial charge in [-0.15, -0.1) is 11.3 Å². The van der Waals surface area contributed by atoms with Crippen LogP contribution >= 0.6 is 11.3 Å². The van der Waals surface area contributed by atoms with E-state index >= 15 is 0 Å². The van der Waals surface area contributed by atoms with Gasteiger partial charge in [-0.1, -0.05) is 0 Å². The molecular weight excluding hydrogens is 247 g/mol. The molecule has 0 radical (unpaired) electrons. The first kappa shape index (κ1) is 12.5. The molecule has 1 aromatic rings. The Morgan fingerprint density at radius 3 is 2.50 bits per heavy atom. The highest BCUT2D eigenvalue weighted by atomic mass is 32.1. The van der Waals surface area contributed by atoms with Crippen LogP contribution in [0.3, 0.4) is 0 Å². The first-order valence-electron chi connectivity index (χ1n) is 3.96. The van der Waals surface area contributed by atoms with Gasteiger partial charge in [-0.25, -0.2) is 4.79 Å². The molecule has 0 aromatic carbocycles. The zero-order chi connectivity index (χ0) is 12.3. The number of hydrogen-bond donors (Lipinski definition) is 2. The molecule has 2 N–H and O–H groups in total. The Balaban J connectivity index is 2.55. The fourth-order valence-corrected chi connectivity index (χ4v) is 1.61. The van der Waals surface area contributed by atoms with Crippen LogP contribution in [0.15, 0.2) is 11.4 Å². The molecule has 0 aliphatic rings. The van der Waals surface area contributed by atoms with Crippen LogP contribution in [0.4, 0.5) is 13.2 Å². The molecule has 0 bridgehead atoms. The van der Waals surface area contributed by atoms with Crippen molar-refractivity contribution in [3.05, 3.63) is 21.9 Å². The monoisotopic (exact) mass is 253 g/mol. The van der Waals surface area contributed by atoms with Crippen molar-refractivity contribution in [2.75, 3.05) is 0 Å². The molecule has 0 aliphatic heterocycles. The van der Waals surface area contributed by atoms with Crippen molar-refractivity contribution in [1.29, 1.82) is 0 Å². The summed E-state index contributed by atoms with van der Waals surface area (Å²) in [4.78, 5) is 20.9. The zero-order valence-corrected chi connectivity index (χ0v) is 8.48. The average molecular weight is 253 g/mol. The van der Waals surface area contributed by atoms with Crippen molar-refractivity contribution < 1.29 is 27.9 Å². The van der Waals surface area contributed by atoms with Gasteiger partial charge >= 0.3 is 18.1 Å². The highest BCUT2D eigenvalue weighted by molar-refractivity contribution is 7.12. The van der Waals surface area contributed by atoms with E-state index in [9.17, 15) is 22.8 Å². The van der Waals surface area contributed by atoms with Gasteiger partial charge in [0.2, 0.25) is 0 Å². The molecular formula is C8H6F3NO3S. The number of carboxylic acid groups (broad SMARTS) is 1. The lowest BCUT2D eigenvalue weighted by molar-refractivity contribution is -0.173. The summed E-state index contributed by atoms with van der Waals surface area (Å²) in [6, 6.07) is 1.21. The number of nitrogens with one attached hydrogen (secondary N) is 1. The van der Waals surface area contributed by atoms with E-state index in [0.29, 0.717) is 5.56 Å². The van der Waals surface area contributed by atoms with Gasteiger partial charge in [0.1, 0.15) is 4.88 Å². The molecule has 0 saturated heterocycles. The van der Waals surface area contributed by atoms with E-state index in [0.717, 1.165) is 11.3 Å². The maximum atomic E-state index is 11.8. The third-order valence-corrected chi connectivity index (χ3v) is 2.54. The van der Waals surface area contributed by atoms with Gasteiger partial charge in [-0.05, 0) is 17.0 Å². The Morgan fingerprint density at radius 2 is 2.06 bits per heavy atom. The Hall–Kier alpha value is -1.57. The summed E-state index contributed by atoms with van der Waals surface area (Å²) in [6.07, 6.45) is -4.92. The standard InChI is InChI=1S/C8H6F3NO3S/c9-8(10,11)7(15)12-2-4-1-5(6(13)14)16-3-4/h1,3H,2H2,(H,12,15)(H,13,14). The van der Waals surface area contributed by atoms with Crippen molar-refractivity contribution in [2.24, 2.45) is 0 Å². The molecule has 0 spiro atoms. The molecule has 1 aromatic heterocycles. The van der Waals surface area contributed by atoms with Crippen molar-refractivity contribution >= 4 is 23.2 Å². The molecule has 1 heterocycles. The van der Waals surface area contributed by atoms with Gasteiger partial charge in [0, 0.05) is 6.54 Å². The maximum absolute atomic E-state index is 11.8. The predicted octanol–water partition coefficient (Wildman–Crippen LogP) is 1.62. The molecule has 4 nitrogen and oxygen atoms in total. The van der Waals surface area contributed by atoms with Gasteiger partial charge in [0.15, 0.2) is 0 Å². The largest absolute Gasteiger partial charge is 0.477 e. The lowest BCUT2D eigenvalue weighted by atomic mass is 10.3. The summed E-state index contributed by atoms with van der Waals surface area (Å²) >= 11 is 0.885. The third-order valence-electron chi connectivity index (χ3n) is 1.58. The van der Waals surface area contributed by atoms with Crippen LogP contribution in [0.2, 0.25) is 0 Å². The summed E-state index contributed by atoms with van der Waals surface area (Å²) < 4.78 is 35.3. The SMILES string of the molecule is O=C(O)c1cc(CNC(=O)C(F)(F)F)cs1. The summed E-state index contributed by atoms with van der Waals surface area (Å²) in [5, 5.41) is 11.6. The van der Waals surface area contributed by atoms with Gasteiger partial charge in [0.25, 0.3) is 0 Å². The number of aromatic carboxylic acids is 1. The van der Waals surface area contributed by atoms with Crippen molar-refractivity contribution in [3.8, 4) is 0 Å². The topological polar surface area (TPSA) is 66.4 Å². The van der Waals surface area contributed by atoms with E-state index in [1.165, 1.54) is 11.4 Å². The first-order valence-corrected chi connectivity index (χ1v) is 4.84. The van der Waals surface area contributed by atoms with E-state index < -0.39 is 18.1 Å². The number of halogens is 3. The molecule has 16 heavy (non-hydrogen) atoms. The van der Waals surface area contributed by atoms with E-state index in [2.05, 4.69) is 0 Å². The highest BCUT2D eigenvalue weighted by Gasteiger charge is 2.38. The molecule has 1 amide bonds. The summed E-state index contributed by atoms with van der Waals surface area (Å²) in [5.74, 6) is -3.20. The van der Waals surface area contributed by atoms with E-state index in [4.69, 9.17) is 5.11 Å². The van der Waals surface area contributed by atoms with Crippen LogP contribution in [0.1, 0.15) is 15.2 Å². The normalized spacial score (nSPS) is 11.2.